The Morgan fingerprint density at radius 1 is 1.64 bits per heavy atom. The van der Waals surface area contributed by atoms with E-state index in [0.717, 1.165) is 19.3 Å². The molecule has 1 aliphatic rings. The predicted octanol–water partition coefficient (Wildman–Crippen LogP) is 2.52. The molecule has 3 atom stereocenters. The molecule has 82 valence electrons. The molecule has 1 aliphatic heterocycles. The molecule has 0 amide bonds. The van der Waals surface area contributed by atoms with E-state index in [-0.39, 0.29) is 23.7 Å². The maximum atomic E-state index is 9.88. The van der Waals surface area contributed by atoms with Crippen LogP contribution < -0.4 is 0 Å². The average molecular weight is 198 g/mol. The van der Waals surface area contributed by atoms with E-state index in [9.17, 15) is 5.11 Å². The molecule has 0 bridgehead atoms. The van der Waals surface area contributed by atoms with Crippen molar-refractivity contribution < 1.29 is 9.84 Å². The van der Waals surface area contributed by atoms with Crippen LogP contribution in [0.2, 0.25) is 0 Å². The van der Waals surface area contributed by atoms with Crippen LogP contribution in [0.15, 0.2) is 12.7 Å². The van der Waals surface area contributed by atoms with Crippen LogP contribution in [0.25, 0.3) is 0 Å². The first kappa shape index (κ1) is 11.7. The molecule has 14 heavy (non-hydrogen) atoms. The van der Waals surface area contributed by atoms with Crippen molar-refractivity contribution in [1.29, 1.82) is 0 Å². The molecule has 1 rings (SSSR count). The van der Waals surface area contributed by atoms with Crippen LogP contribution in [-0.4, -0.2) is 22.9 Å². The van der Waals surface area contributed by atoms with Crippen LogP contribution >= 0.6 is 0 Å². The molecule has 2 heteroatoms. The van der Waals surface area contributed by atoms with E-state index >= 15 is 0 Å². The average Bonchev–Trinajstić information content (AvgIpc) is 2.47. The highest BCUT2D eigenvalue weighted by Crippen LogP contribution is 2.35. The van der Waals surface area contributed by atoms with Crippen molar-refractivity contribution in [1.82, 2.24) is 0 Å². The van der Waals surface area contributed by atoms with Gasteiger partial charge in [-0.15, -0.1) is 6.58 Å². The largest absolute Gasteiger partial charge is 0.390 e. The molecular weight excluding hydrogens is 176 g/mol. The Balaban J connectivity index is 2.51. The number of aliphatic hydroxyl groups excluding tert-OH is 1. The van der Waals surface area contributed by atoms with Gasteiger partial charge in [0, 0.05) is 0 Å². The maximum Gasteiger partial charge on any atom is 0.0845 e. The topological polar surface area (TPSA) is 29.5 Å². The first-order valence-electron chi connectivity index (χ1n) is 5.45. The van der Waals surface area contributed by atoms with Crippen molar-refractivity contribution >= 4 is 0 Å². The van der Waals surface area contributed by atoms with Crippen LogP contribution in [0.1, 0.15) is 40.0 Å². The summed E-state index contributed by atoms with van der Waals surface area (Å²) < 4.78 is 5.89. The minimum absolute atomic E-state index is 0.0138. The Labute approximate surface area is 87.0 Å². The molecular formula is C12H22O2. The van der Waals surface area contributed by atoms with Gasteiger partial charge in [0.05, 0.1) is 17.8 Å². The second kappa shape index (κ2) is 4.45. The fourth-order valence-electron chi connectivity index (χ4n) is 2.06. The first-order chi connectivity index (χ1) is 6.48. The van der Waals surface area contributed by atoms with Gasteiger partial charge in [-0.05, 0) is 32.1 Å². The van der Waals surface area contributed by atoms with Crippen molar-refractivity contribution in [3.05, 3.63) is 12.7 Å². The van der Waals surface area contributed by atoms with Gasteiger partial charge in [-0.2, -0.15) is 0 Å². The fraction of sp³-hybridized carbons (Fsp3) is 0.833. The van der Waals surface area contributed by atoms with E-state index in [1.54, 1.807) is 0 Å². The van der Waals surface area contributed by atoms with Crippen molar-refractivity contribution in [2.75, 3.05) is 0 Å². The number of rotatable bonds is 4. The minimum Gasteiger partial charge on any atom is -0.390 e. The summed E-state index contributed by atoms with van der Waals surface area (Å²) in [6, 6.07) is 0. The molecule has 0 unspecified atom stereocenters. The summed E-state index contributed by atoms with van der Waals surface area (Å²) >= 11 is 0. The van der Waals surface area contributed by atoms with Crippen LogP contribution in [0.3, 0.4) is 0 Å². The van der Waals surface area contributed by atoms with Gasteiger partial charge in [-0.1, -0.05) is 19.9 Å². The SMILES string of the molecule is C=CC[C@]1(C)CC[C@@H]([C@H](O)C(C)C)O1. The second-order valence-electron chi connectivity index (χ2n) is 4.87. The van der Waals surface area contributed by atoms with Gasteiger partial charge in [0.25, 0.3) is 0 Å². The van der Waals surface area contributed by atoms with Crippen molar-refractivity contribution in [2.24, 2.45) is 5.92 Å². The van der Waals surface area contributed by atoms with E-state index < -0.39 is 0 Å². The molecule has 0 aromatic carbocycles. The monoisotopic (exact) mass is 198 g/mol. The molecule has 0 saturated carbocycles. The highest BCUT2D eigenvalue weighted by molar-refractivity contribution is 4.92. The molecule has 1 N–H and O–H groups in total. The lowest BCUT2D eigenvalue weighted by molar-refractivity contribution is -0.0896. The summed E-state index contributed by atoms with van der Waals surface area (Å²) in [4.78, 5) is 0. The third-order valence-corrected chi connectivity index (χ3v) is 3.03. The molecule has 0 spiro atoms. The summed E-state index contributed by atoms with van der Waals surface area (Å²) in [6.45, 7) is 9.88. The standard InChI is InChI=1S/C12H22O2/c1-5-7-12(4)8-6-10(14-12)11(13)9(2)3/h5,9-11,13H,1,6-8H2,2-4H3/t10-,11+,12+/m0/s1. The highest BCUT2D eigenvalue weighted by atomic mass is 16.5. The third kappa shape index (κ3) is 2.58. The summed E-state index contributed by atoms with van der Waals surface area (Å²) in [6.07, 6.45) is 4.43. The van der Waals surface area contributed by atoms with Crippen LogP contribution in [0.4, 0.5) is 0 Å². The smallest absolute Gasteiger partial charge is 0.0845 e. The van der Waals surface area contributed by atoms with Gasteiger partial charge >= 0.3 is 0 Å². The van der Waals surface area contributed by atoms with Gasteiger partial charge in [0.1, 0.15) is 0 Å². The zero-order valence-electron chi connectivity index (χ0n) is 9.49. The van der Waals surface area contributed by atoms with Crippen LogP contribution in [-0.2, 0) is 4.74 Å². The molecule has 0 radical (unpaired) electrons. The van der Waals surface area contributed by atoms with Gasteiger partial charge in [-0.3, -0.25) is 0 Å². The molecule has 0 aliphatic carbocycles. The van der Waals surface area contributed by atoms with E-state index in [1.165, 1.54) is 0 Å². The lowest BCUT2D eigenvalue weighted by Gasteiger charge is -2.27. The van der Waals surface area contributed by atoms with E-state index in [2.05, 4.69) is 13.5 Å². The van der Waals surface area contributed by atoms with Gasteiger partial charge in [-0.25, -0.2) is 0 Å². The minimum atomic E-state index is -0.332. The number of ether oxygens (including phenoxy) is 1. The maximum absolute atomic E-state index is 9.88. The van der Waals surface area contributed by atoms with Crippen LogP contribution in [0, 0.1) is 5.92 Å². The van der Waals surface area contributed by atoms with Gasteiger partial charge < -0.3 is 9.84 Å². The molecule has 1 heterocycles. The summed E-state index contributed by atoms with van der Waals surface area (Å²) in [5, 5.41) is 9.88. The quantitative estimate of drug-likeness (QED) is 0.703. The number of hydrogen-bond acceptors (Lipinski definition) is 2. The molecule has 2 nitrogen and oxygen atoms in total. The number of hydrogen-bond donors (Lipinski definition) is 1. The fourth-order valence-corrected chi connectivity index (χ4v) is 2.06. The van der Waals surface area contributed by atoms with Crippen molar-refractivity contribution in [3.8, 4) is 0 Å². The summed E-state index contributed by atoms with van der Waals surface area (Å²) in [7, 11) is 0. The van der Waals surface area contributed by atoms with E-state index in [4.69, 9.17) is 4.74 Å². The Kier molecular flexibility index (Phi) is 3.73. The Hall–Kier alpha value is -0.340. The molecule has 0 aromatic heterocycles. The van der Waals surface area contributed by atoms with E-state index in [0.29, 0.717) is 0 Å². The first-order valence-corrected chi connectivity index (χ1v) is 5.45. The van der Waals surface area contributed by atoms with Crippen molar-refractivity contribution in [2.45, 2.75) is 57.8 Å². The number of aliphatic hydroxyl groups is 1. The van der Waals surface area contributed by atoms with Crippen LogP contribution in [0.5, 0.6) is 0 Å². The predicted molar refractivity (Wildman–Crippen MR) is 58.2 cm³/mol. The van der Waals surface area contributed by atoms with Gasteiger partial charge in [0.2, 0.25) is 0 Å². The second-order valence-corrected chi connectivity index (χ2v) is 4.87. The Bertz CT molecular complexity index is 200. The summed E-state index contributed by atoms with van der Waals surface area (Å²) in [5.74, 6) is 0.270. The molecule has 1 saturated heterocycles. The normalized spacial score (nSPS) is 34.8. The summed E-state index contributed by atoms with van der Waals surface area (Å²) in [5.41, 5.74) is -0.0950. The lowest BCUT2D eigenvalue weighted by atomic mass is 9.96. The lowest BCUT2D eigenvalue weighted by Crippen LogP contribution is -2.33. The third-order valence-electron chi connectivity index (χ3n) is 3.03. The highest BCUT2D eigenvalue weighted by Gasteiger charge is 2.38. The Morgan fingerprint density at radius 3 is 2.79 bits per heavy atom. The van der Waals surface area contributed by atoms with E-state index in [1.807, 2.05) is 19.9 Å². The zero-order valence-corrected chi connectivity index (χ0v) is 9.49. The Morgan fingerprint density at radius 2 is 2.29 bits per heavy atom. The van der Waals surface area contributed by atoms with Crippen molar-refractivity contribution in [3.63, 3.8) is 0 Å². The molecule has 0 aromatic rings. The molecule has 1 fully saturated rings. The van der Waals surface area contributed by atoms with Gasteiger partial charge in [0.15, 0.2) is 0 Å². The zero-order chi connectivity index (χ0) is 10.8.